The summed E-state index contributed by atoms with van der Waals surface area (Å²) in [6, 6.07) is 12.9. The largest absolute Gasteiger partial charge is 0.545 e. The van der Waals surface area contributed by atoms with Crippen LogP contribution in [0.5, 0.6) is 11.5 Å². The van der Waals surface area contributed by atoms with E-state index in [9.17, 15) is 15.0 Å². The van der Waals surface area contributed by atoms with Crippen LogP contribution in [0.2, 0.25) is 0 Å². The summed E-state index contributed by atoms with van der Waals surface area (Å²) >= 11 is 0. The second-order valence-electron chi connectivity index (χ2n) is 3.70. The van der Waals surface area contributed by atoms with E-state index in [0.29, 0.717) is 5.56 Å². The second-order valence-corrected chi connectivity index (χ2v) is 3.70. The molecule has 18 heavy (non-hydrogen) atoms. The van der Waals surface area contributed by atoms with Crippen molar-refractivity contribution in [1.82, 2.24) is 0 Å². The third-order valence-electron chi connectivity index (χ3n) is 2.48. The molecule has 1 N–H and O–H groups in total. The van der Waals surface area contributed by atoms with Gasteiger partial charge in [0.2, 0.25) is 0 Å². The van der Waals surface area contributed by atoms with E-state index in [-0.39, 0.29) is 23.7 Å². The van der Waals surface area contributed by atoms with Crippen molar-refractivity contribution in [3.63, 3.8) is 0 Å². The summed E-state index contributed by atoms with van der Waals surface area (Å²) in [7, 11) is 0. The normalized spacial score (nSPS) is 10.0. The molecule has 0 amide bonds. The minimum Gasteiger partial charge on any atom is -0.545 e. The number of hydrogen-bond acceptors (Lipinski definition) is 4. The smallest absolute Gasteiger partial charge is 0.128 e. The number of phenolic OH excluding ortho intramolecular Hbond substituents is 1. The first kappa shape index (κ1) is 12.0. The van der Waals surface area contributed by atoms with E-state index in [4.69, 9.17) is 4.74 Å². The van der Waals surface area contributed by atoms with Crippen LogP contribution in [-0.2, 0) is 6.61 Å². The quantitative estimate of drug-likeness (QED) is 0.879. The molecule has 0 aliphatic carbocycles. The summed E-state index contributed by atoms with van der Waals surface area (Å²) in [6.45, 7) is 0.0942. The molecule has 0 saturated carbocycles. The molecule has 0 fully saturated rings. The van der Waals surface area contributed by atoms with Crippen molar-refractivity contribution in [3.05, 3.63) is 59.7 Å². The Morgan fingerprint density at radius 3 is 2.50 bits per heavy atom. The van der Waals surface area contributed by atoms with Crippen LogP contribution in [0, 0.1) is 0 Å². The van der Waals surface area contributed by atoms with Crippen molar-refractivity contribution < 1.29 is 19.7 Å². The zero-order chi connectivity index (χ0) is 13.0. The molecule has 0 aliphatic rings. The van der Waals surface area contributed by atoms with Gasteiger partial charge in [-0.3, -0.25) is 0 Å². The van der Waals surface area contributed by atoms with Gasteiger partial charge >= 0.3 is 0 Å². The number of benzene rings is 2. The molecule has 4 heteroatoms. The Hall–Kier alpha value is -2.49. The second kappa shape index (κ2) is 5.23. The van der Waals surface area contributed by atoms with Crippen LogP contribution < -0.4 is 9.84 Å². The zero-order valence-electron chi connectivity index (χ0n) is 9.50. The number of aromatic carboxylic acids is 1. The van der Waals surface area contributed by atoms with Gasteiger partial charge in [0, 0.05) is 11.1 Å². The molecule has 0 spiro atoms. The third-order valence-corrected chi connectivity index (χ3v) is 2.48. The fourth-order valence-electron chi connectivity index (χ4n) is 1.55. The fraction of sp³-hybridized carbons (Fsp3) is 0.0714. The van der Waals surface area contributed by atoms with Gasteiger partial charge in [-0.25, -0.2) is 0 Å². The molecular weight excluding hydrogens is 232 g/mol. The van der Waals surface area contributed by atoms with Gasteiger partial charge in [0.1, 0.15) is 18.1 Å². The van der Waals surface area contributed by atoms with Crippen LogP contribution in [0.3, 0.4) is 0 Å². The summed E-state index contributed by atoms with van der Waals surface area (Å²) < 4.78 is 5.38. The van der Waals surface area contributed by atoms with E-state index >= 15 is 0 Å². The number of hydrogen-bond donors (Lipinski definition) is 1. The van der Waals surface area contributed by atoms with Crippen LogP contribution in [0.1, 0.15) is 15.9 Å². The van der Waals surface area contributed by atoms with Crippen LogP contribution in [-0.4, -0.2) is 11.1 Å². The third kappa shape index (κ3) is 2.60. The molecule has 0 saturated heterocycles. The molecule has 4 nitrogen and oxygen atoms in total. The first-order valence-corrected chi connectivity index (χ1v) is 5.38. The molecular formula is C14H11O4-. The highest BCUT2D eigenvalue weighted by molar-refractivity contribution is 5.89. The van der Waals surface area contributed by atoms with Gasteiger partial charge < -0.3 is 19.7 Å². The van der Waals surface area contributed by atoms with Crippen molar-refractivity contribution >= 4 is 5.97 Å². The number of para-hydroxylation sites is 2. The standard InChI is InChI=1S/C14H12O4/c15-12-7-3-1-5-10(12)9-18-13-8-4-2-6-11(13)14(16)17/h1-8,15H,9H2,(H,16,17)/p-1. The minimum atomic E-state index is -1.29. The molecule has 0 aliphatic heterocycles. The Balaban J connectivity index is 2.16. The van der Waals surface area contributed by atoms with Crippen molar-refractivity contribution in [2.45, 2.75) is 6.61 Å². The molecule has 2 aromatic carbocycles. The van der Waals surface area contributed by atoms with E-state index in [0.717, 1.165) is 0 Å². The molecule has 0 aromatic heterocycles. The fourth-order valence-corrected chi connectivity index (χ4v) is 1.55. The average molecular weight is 243 g/mol. The van der Waals surface area contributed by atoms with Gasteiger partial charge in [-0.2, -0.15) is 0 Å². The summed E-state index contributed by atoms with van der Waals surface area (Å²) in [5, 5.41) is 20.4. The topological polar surface area (TPSA) is 69.6 Å². The minimum absolute atomic E-state index is 0.00655. The van der Waals surface area contributed by atoms with Gasteiger partial charge in [-0.1, -0.05) is 30.3 Å². The van der Waals surface area contributed by atoms with Gasteiger partial charge in [0.05, 0.1) is 5.97 Å². The molecule has 0 unspecified atom stereocenters. The highest BCUT2D eigenvalue weighted by atomic mass is 16.5. The molecule has 0 radical (unpaired) electrons. The summed E-state index contributed by atoms with van der Waals surface area (Å²) in [5.41, 5.74) is 0.582. The van der Waals surface area contributed by atoms with E-state index in [1.54, 1.807) is 42.5 Å². The summed E-state index contributed by atoms with van der Waals surface area (Å²) in [4.78, 5) is 10.9. The highest BCUT2D eigenvalue weighted by Gasteiger charge is 2.05. The van der Waals surface area contributed by atoms with E-state index in [2.05, 4.69) is 0 Å². The maximum absolute atomic E-state index is 10.9. The Morgan fingerprint density at radius 2 is 1.78 bits per heavy atom. The van der Waals surface area contributed by atoms with Gasteiger partial charge in [0.25, 0.3) is 0 Å². The van der Waals surface area contributed by atoms with Crippen LogP contribution >= 0.6 is 0 Å². The first-order chi connectivity index (χ1) is 8.68. The number of phenols is 1. The number of carbonyl (C=O) groups is 1. The number of rotatable bonds is 4. The van der Waals surface area contributed by atoms with Gasteiger partial charge in [-0.05, 0) is 18.2 Å². The van der Waals surface area contributed by atoms with Crippen molar-refractivity contribution in [2.75, 3.05) is 0 Å². The van der Waals surface area contributed by atoms with Crippen molar-refractivity contribution in [1.29, 1.82) is 0 Å². The van der Waals surface area contributed by atoms with Crippen LogP contribution in [0.4, 0.5) is 0 Å². The van der Waals surface area contributed by atoms with E-state index in [1.807, 2.05) is 0 Å². The predicted molar refractivity (Wildman–Crippen MR) is 63.2 cm³/mol. The molecule has 92 valence electrons. The molecule has 0 atom stereocenters. The molecule has 0 heterocycles. The first-order valence-electron chi connectivity index (χ1n) is 5.38. The number of carbonyl (C=O) groups excluding carboxylic acids is 1. The Kier molecular flexibility index (Phi) is 3.48. The predicted octanol–water partition coefficient (Wildman–Crippen LogP) is 1.33. The van der Waals surface area contributed by atoms with Crippen molar-refractivity contribution in [2.24, 2.45) is 0 Å². The lowest BCUT2D eigenvalue weighted by Gasteiger charge is -2.12. The Bertz CT molecular complexity index is 563. The van der Waals surface area contributed by atoms with Gasteiger partial charge in [0.15, 0.2) is 0 Å². The SMILES string of the molecule is O=C([O-])c1ccccc1OCc1ccccc1O. The summed E-state index contributed by atoms with van der Waals surface area (Å²) in [5.74, 6) is -0.952. The highest BCUT2D eigenvalue weighted by Crippen LogP contribution is 2.21. The molecule has 0 bridgehead atoms. The maximum atomic E-state index is 10.9. The average Bonchev–Trinajstić information content (AvgIpc) is 2.38. The monoisotopic (exact) mass is 243 g/mol. The zero-order valence-corrected chi connectivity index (χ0v) is 9.50. The summed E-state index contributed by atoms with van der Waals surface area (Å²) in [6.07, 6.45) is 0. The van der Waals surface area contributed by atoms with Crippen molar-refractivity contribution in [3.8, 4) is 11.5 Å². The lowest BCUT2D eigenvalue weighted by Crippen LogP contribution is -2.23. The lowest BCUT2D eigenvalue weighted by molar-refractivity contribution is -0.255. The number of aromatic hydroxyl groups is 1. The van der Waals surface area contributed by atoms with Crippen LogP contribution in [0.25, 0.3) is 0 Å². The molecule has 2 aromatic rings. The van der Waals surface area contributed by atoms with Crippen LogP contribution in [0.15, 0.2) is 48.5 Å². The number of ether oxygens (including phenoxy) is 1. The Labute approximate surface area is 104 Å². The van der Waals surface area contributed by atoms with Gasteiger partial charge in [-0.15, -0.1) is 0 Å². The number of carboxylic acid groups (broad SMARTS) is 1. The van der Waals surface area contributed by atoms with E-state index < -0.39 is 5.97 Å². The number of carboxylic acids is 1. The maximum Gasteiger partial charge on any atom is 0.128 e. The van der Waals surface area contributed by atoms with E-state index in [1.165, 1.54) is 6.07 Å². The molecule has 2 rings (SSSR count). The Morgan fingerprint density at radius 1 is 1.11 bits per heavy atom. The lowest BCUT2D eigenvalue weighted by atomic mass is 10.2.